The van der Waals surface area contributed by atoms with Crippen LogP contribution in [0.1, 0.15) is 43.2 Å². The average molecular weight is 545 g/mol. The number of amidine groups is 2. The van der Waals surface area contributed by atoms with Crippen LogP contribution in [-0.4, -0.2) is 47.3 Å². The van der Waals surface area contributed by atoms with E-state index in [4.69, 9.17) is 19.6 Å². The van der Waals surface area contributed by atoms with Gasteiger partial charge >= 0.3 is 0 Å². The summed E-state index contributed by atoms with van der Waals surface area (Å²) in [5, 5.41) is 16.3. The predicted molar refractivity (Wildman–Crippen MR) is 156 cm³/mol. The third-order valence-corrected chi connectivity index (χ3v) is 7.90. The number of nitrogens with one attached hydrogen (secondary N) is 1. The zero-order valence-electron chi connectivity index (χ0n) is 22.0. The number of fused-ring (bicyclic) bond motifs is 1. The first-order valence-electron chi connectivity index (χ1n) is 13.2. The van der Waals surface area contributed by atoms with Crippen molar-refractivity contribution < 1.29 is 19.0 Å². The van der Waals surface area contributed by atoms with Crippen molar-refractivity contribution in [3.05, 3.63) is 71.8 Å². The largest absolute Gasteiger partial charge is 0.493 e. The summed E-state index contributed by atoms with van der Waals surface area (Å²) in [6.07, 6.45) is 10.2. The summed E-state index contributed by atoms with van der Waals surface area (Å²) in [7, 11) is 1.62. The average Bonchev–Trinajstić information content (AvgIpc) is 3.39. The number of benzene rings is 2. The number of hydrogen-bond acceptors (Lipinski definition) is 7. The van der Waals surface area contributed by atoms with Crippen LogP contribution in [0.25, 0.3) is 6.08 Å². The summed E-state index contributed by atoms with van der Waals surface area (Å²) in [5.41, 5.74) is 2.11. The lowest BCUT2D eigenvalue weighted by molar-refractivity contribution is -0.114. The topological polar surface area (TPSA) is 96.6 Å². The normalized spacial score (nSPS) is 18.5. The number of ether oxygens (including phenoxy) is 3. The molecule has 2 aliphatic heterocycles. The summed E-state index contributed by atoms with van der Waals surface area (Å²) >= 11 is 1.43. The SMILES string of the molecule is C=CCc1ccc(OCCOc2ccc(C=C3C(=N)N4N=C(C5CCCCC5)SC4=NC3=O)cc2)c(OC)c1. The van der Waals surface area contributed by atoms with Crippen molar-refractivity contribution in [2.75, 3.05) is 20.3 Å². The molecule has 39 heavy (non-hydrogen) atoms. The van der Waals surface area contributed by atoms with Crippen LogP contribution >= 0.6 is 11.8 Å². The van der Waals surface area contributed by atoms with Gasteiger partial charge in [0.2, 0.25) is 5.17 Å². The van der Waals surface area contributed by atoms with Crippen LogP contribution in [-0.2, 0) is 11.2 Å². The van der Waals surface area contributed by atoms with Gasteiger partial charge in [-0.1, -0.05) is 43.5 Å². The first-order chi connectivity index (χ1) is 19.1. The standard InChI is InChI=1S/C30H32N4O4S/c1-3-7-20-12-15-25(26(19-20)36-2)38-17-16-37-23-13-10-21(11-14-23)18-24-27(31)34-30(32-28(24)35)39-29(33-34)22-8-5-4-6-9-22/h3,10-15,18-19,22,31H,1,4-9,16-17H2,2H3. The summed E-state index contributed by atoms with van der Waals surface area (Å²) in [4.78, 5) is 17.0. The molecule has 8 nitrogen and oxygen atoms in total. The molecule has 1 amide bonds. The van der Waals surface area contributed by atoms with Crippen LogP contribution in [0.2, 0.25) is 0 Å². The van der Waals surface area contributed by atoms with Gasteiger partial charge in [-0.25, -0.2) is 0 Å². The highest BCUT2D eigenvalue weighted by molar-refractivity contribution is 8.27. The second-order valence-electron chi connectivity index (χ2n) is 9.54. The van der Waals surface area contributed by atoms with Crippen LogP contribution in [0, 0.1) is 11.3 Å². The highest BCUT2D eigenvalue weighted by Crippen LogP contribution is 2.36. The predicted octanol–water partition coefficient (Wildman–Crippen LogP) is 6.08. The Hall–Kier alpha value is -3.85. The lowest BCUT2D eigenvalue weighted by Crippen LogP contribution is -2.35. The van der Waals surface area contributed by atoms with Gasteiger partial charge in [0.25, 0.3) is 5.91 Å². The molecule has 1 aliphatic carbocycles. The minimum absolute atomic E-state index is 0.0636. The molecule has 5 rings (SSSR count). The Labute approximate surface area is 232 Å². The summed E-state index contributed by atoms with van der Waals surface area (Å²) in [6.45, 7) is 4.47. The number of carbonyl (C=O) groups is 1. The van der Waals surface area contributed by atoms with Crippen molar-refractivity contribution in [3.63, 3.8) is 0 Å². The smallest absolute Gasteiger partial charge is 0.283 e. The number of hydrazone groups is 1. The van der Waals surface area contributed by atoms with Gasteiger partial charge in [-0.2, -0.15) is 15.1 Å². The van der Waals surface area contributed by atoms with Gasteiger partial charge in [-0.05, 0) is 72.5 Å². The van der Waals surface area contributed by atoms with E-state index in [0.29, 0.717) is 41.5 Å². The molecule has 3 aliphatic rings. The number of amides is 1. The molecule has 1 fully saturated rings. The van der Waals surface area contributed by atoms with E-state index in [-0.39, 0.29) is 11.4 Å². The number of aliphatic imine (C=N–C) groups is 1. The maximum Gasteiger partial charge on any atom is 0.283 e. The molecule has 9 heteroatoms. The molecule has 0 unspecified atom stereocenters. The molecule has 2 aromatic rings. The van der Waals surface area contributed by atoms with Gasteiger partial charge in [0.15, 0.2) is 17.3 Å². The maximum absolute atomic E-state index is 12.8. The third-order valence-electron chi connectivity index (χ3n) is 6.83. The molecule has 0 spiro atoms. The number of nitrogens with zero attached hydrogens (tertiary/aromatic N) is 3. The Bertz CT molecular complexity index is 1340. The molecular weight excluding hydrogens is 512 g/mol. The van der Waals surface area contributed by atoms with Crippen molar-refractivity contribution in [2.24, 2.45) is 16.0 Å². The van der Waals surface area contributed by atoms with E-state index >= 15 is 0 Å². The van der Waals surface area contributed by atoms with E-state index in [1.165, 1.54) is 36.0 Å². The molecule has 2 aromatic carbocycles. The molecule has 0 bridgehead atoms. The van der Waals surface area contributed by atoms with E-state index in [1.54, 1.807) is 13.2 Å². The van der Waals surface area contributed by atoms with Gasteiger partial charge in [0, 0.05) is 5.92 Å². The molecule has 2 heterocycles. The van der Waals surface area contributed by atoms with Crippen molar-refractivity contribution in [3.8, 4) is 17.2 Å². The van der Waals surface area contributed by atoms with Crippen molar-refractivity contribution in [2.45, 2.75) is 38.5 Å². The number of methoxy groups -OCH3 is 1. The zero-order chi connectivity index (χ0) is 27.2. The summed E-state index contributed by atoms with van der Waals surface area (Å²) in [6, 6.07) is 13.2. The molecule has 202 valence electrons. The van der Waals surface area contributed by atoms with E-state index in [2.05, 4.69) is 16.7 Å². The quantitative estimate of drug-likeness (QED) is 0.221. The van der Waals surface area contributed by atoms with E-state index in [9.17, 15) is 4.79 Å². The monoisotopic (exact) mass is 544 g/mol. The minimum Gasteiger partial charge on any atom is -0.493 e. The molecule has 0 atom stereocenters. The van der Waals surface area contributed by atoms with Gasteiger partial charge in [0.1, 0.15) is 24.0 Å². The lowest BCUT2D eigenvalue weighted by Gasteiger charge is -2.20. The summed E-state index contributed by atoms with van der Waals surface area (Å²) in [5.74, 6) is 2.06. The zero-order valence-corrected chi connectivity index (χ0v) is 22.8. The summed E-state index contributed by atoms with van der Waals surface area (Å²) < 4.78 is 17.1. The molecule has 1 saturated carbocycles. The Balaban J connectivity index is 1.17. The third kappa shape index (κ3) is 6.25. The number of carbonyl (C=O) groups excluding carboxylic acids is 1. The van der Waals surface area contributed by atoms with Gasteiger partial charge in [0.05, 0.1) is 12.7 Å². The Morgan fingerprint density at radius 2 is 1.85 bits per heavy atom. The van der Waals surface area contributed by atoms with E-state index < -0.39 is 5.91 Å². The number of allylic oxidation sites excluding steroid dienone is 1. The van der Waals surface area contributed by atoms with Crippen LogP contribution in [0.3, 0.4) is 0 Å². The lowest BCUT2D eigenvalue weighted by atomic mass is 9.90. The molecule has 1 N–H and O–H groups in total. The number of thioether (sulfide) groups is 1. The molecule has 0 aromatic heterocycles. The highest BCUT2D eigenvalue weighted by atomic mass is 32.2. The van der Waals surface area contributed by atoms with Crippen molar-refractivity contribution in [1.82, 2.24) is 5.01 Å². The number of hydrogen-bond donors (Lipinski definition) is 1. The fraction of sp³-hybridized carbons (Fsp3) is 0.333. The van der Waals surface area contributed by atoms with Crippen molar-refractivity contribution in [1.29, 1.82) is 5.41 Å². The molecule has 0 radical (unpaired) electrons. The number of rotatable bonds is 10. The van der Waals surface area contributed by atoms with Crippen LogP contribution in [0.5, 0.6) is 17.2 Å². The van der Waals surface area contributed by atoms with Gasteiger partial charge in [-0.15, -0.1) is 6.58 Å². The van der Waals surface area contributed by atoms with Crippen LogP contribution < -0.4 is 14.2 Å². The molecular formula is C30H32N4O4S. The Morgan fingerprint density at radius 1 is 1.08 bits per heavy atom. The second kappa shape index (κ2) is 12.3. The van der Waals surface area contributed by atoms with Gasteiger partial charge in [-0.3, -0.25) is 10.2 Å². The Kier molecular flexibility index (Phi) is 8.46. The van der Waals surface area contributed by atoms with E-state index in [0.717, 1.165) is 35.4 Å². The second-order valence-corrected chi connectivity index (χ2v) is 10.5. The minimum atomic E-state index is -0.413. The van der Waals surface area contributed by atoms with Crippen LogP contribution in [0.15, 0.2) is 70.8 Å². The van der Waals surface area contributed by atoms with Crippen LogP contribution in [0.4, 0.5) is 0 Å². The van der Waals surface area contributed by atoms with Gasteiger partial charge < -0.3 is 14.2 Å². The first-order valence-corrected chi connectivity index (χ1v) is 14.0. The van der Waals surface area contributed by atoms with Crippen molar-refractivity contribution >= 4 is 39.8 Å². The molecule has 0 saturated heterocycles. The first kappa shape index (κ1) is 26.7. The Morgan fingerprint density at radius 3 is 2.59 bits per heavy atom. The maximum atomic E-state index is 12.8. The van der Waals surface area contributed by atoms with E-state index in [1.807, 2.05) is 48.5 Å². The highest BCUT2D eigenvalue weighted by Gasteiger charge is 2.37. The fourth-order valence-corrected chi connectivity index (χ4v) is 5.84. The fourth-order valence-electron chi connectivity index (χ4n) is 4.78.